The molecule has 19 heavy (non-hydrogen) atoms. The number of nitrogens with two attached hydrogens (primary N) is 1. The molecule has 1 aliphatic carbocycles. The maximum atomic E-state index is 12.4. The molecule has 1 fully saturated rings. The summed E-state index contributed by atoms with van der Waals surface area (Å²) in [4.78, 5) is 14.3. The minimum absolute atomic E-state index is 0. The number of nitrogens with zero attached hydrogens (tertiary/aromatic N) is 1. The van der Waals surface area contributed by atoms with E-state index in [9.17, 15) is 4.79 Å². The summed E-state index contributed by atoms with van der Waals surface area (Å²) in [5.41, 5.74) is 7.07. The van der Waals surface area contributed by atoms with Gasteiger partial charge in [0, 0.05) is 24.3 Å². The summed E-state index contributed by atoms with van der Waals surface area (Å²) >= 11 is 0. The normalized spacial score (nSPS) is 16.3. The van der Waals surface area contributed by atoms with Crippen molar-refractivity contribution >= 4 is 24.0 Å². The Bertz CT molecular complexity index is 397. The largest absolute Gasteiger partial charge is 0.399 e. The van der Waals surface area contributed by atoms with Crippen LogP contribution in [-0.4, -0.2) is 23.9 Å². The lowest BCUT2D eigenvalue weighted by atomic mass is 10.1. The monoisotopic (exact) mass is 282 g/mol. The maximum Gasteiger partial charge on any atom is 0.253 e. The molecular weight excluding hydrogens is 260 g/mol. The Morgan fingerprint density at radius 1 is 1.11 bits per heavy atom. The second-order valence-electron chi connectivity index (χ2n) is 5.18. The van der Waals surface area contributed by atoms with Crippen molar-refractivity contribution in [3.05, 3.63) is 29.8 Å². The molecule has 4 heteroatoms. The molecule has 1 saturated carbocycles. The first-order valence-corrected chi connectivity index (χ1v) is 6.81. The average molecular weight is 283 g/mol. The van der Waals surface area contributed by atoms with Gasteiger partial charge in [0.2, 0.25) is 0 Å². The first-order chi connectivity index (χ1) is 8.68. The quantitative estimate of drug-likeness (QED) is 0.667. The van der Waals surface area contributed by atoms with Gasteiger partial charge in [0.15, 0.2) is 0 Å². The third kappa shape index (κ3) is 4.13. The molecule has 3 nitrogen and oxygen atoms in total. The second kappa shape index (κ2) is 7.39. The highest BCUT2D eigenvalue weighted by atomic mass is 35.5. The molecule has 1 aliphatic rings. The lowest BCUT2D eigenvalue weighted by Gasteiger charge is -2.27. The molecule has 2 N–H and O–H groups in total. The molecule has 1 amide bonds. The van der Waals surface area contributed by atoms with E-state index < -0.39 is 0 Å². The summed E-state index contributed by atoms with van der Waals surface area (Å²) in [6.45, 7) is 0. The Kier molecular flexibility index (Phi) is 6.16. The van der Waals surface area contributed by atoms with Crippen LogP contribution in [0.5, 0.6) is 0 Å². The number of carbonyl (C=O) groups excluding carboxylic acids is 1. The summed E-state index contributed by atoms with van der Waals surface area (Å²) in [5, 5.41) is 0. The fraction of sp³-hybridized carbons (Fsp3) is 0.533. The molecule has 1 aromatic rings. The van der Waals surface area contributed by atoms with Crippen LogP contribution in [0.1, 0.15) is 48.9 Å². The molecule has 0 saturated heterocycles. The van der Waals surface area contributed by atoms with E-state index in [-0.39, 0.29) is 18.3 Å². The van der Waals surface area contributed by atoms with E-state index >= 15 is 0 Å². The van der Waals surface area contributed by atoms with Gasteiger partial charge >= 0.3 is 0 Å². The van der Waals surface area contributed by atoms with Crippen molar-refractivity contribution in [1.82, 2.24) is 4.90 Å². The number of halogens is 1. The first-order valence-electron chi connectivity index (χ1n) is 6.81. The molecule has 0 radical (unpaired) electrons. The molecule has 0 aromatic heterocycles. The van der Waals surface area contributed by atoms with Gasteiger partial charge in [-0.3, -0.25) is 4.79 Å². The van der Waals surface area contributed by atoms with E-state index in [1.54, 1.807) is 12.1 Å². The van der Waals surface area contributed by atoms with Crippen molar-refractivity contribution < 1.29 is 4.79 Å². The van der Waals surface area contributed by atoms with Crippen molar-refractivity contribution in [3.63, 3.8) is 0 Å². The maximum absolute atomic E-state index is 12.4. The van der Waals surface area contributed by atoms with Crippen LogP contribution in [0, 0.1) is 0 Å². The first kappa shape index (κ1) is 15.8. The molecule has 0 spiro atoms. The summed E-state index contributed by atoms with van der Waals surface area (Å²) in [6.07, 6.45) is 7.36. The summed E-state index contributed by atoms with van der Waals surface area (Å²) in [7, 11) is 1.93. The molecule has 1 aromatic carbocycles. The molecule has 0 heterocycles. The number of amides is 1. The lowest BCUT2D eigenvalue weighted by molar-refractivity contribution is 0.0718. The number of carbonyl (C=O) groups is 1. The van der Waals surface area contributed by atoms with Gasteiger partial charge in [0.25, 0.3) is 5.91 Å². The fourth-order valence-electron chi connectivity index (χ4n) is 2.64. The van der Waals surface area contributed by atoms with Gasteiger partial charge in [0.05, 0.1) is 0 Å². The van der Waals surface area contributed by atoms with Crippen molar-refractivity contribution in [2.24, 2.45) is 0 Å². The zero-order valence-electron chi connectivity index (χ0n) is 11.5. The molecule has 0 unspecified atom stereocenters. The predicted molar refractivity (Wildman–Crippen MR) is 81.7 cm³/mol. The highest BCUT2D eigenvalue weighted by molar-refractivity contribution is 5.94. The third-order valence-electron chi connectivity index (χ3n) is 3.85. The van der Waals surface area contributed by atoms with Crippen molar-refractivity contribution in [1.29, 1.82) is 0 Å². The summed E-state index contributed by atoms with van der Waals surface area (Å²) in [6, 6.07) is 7.59. The van der Waals surface area contributed by atoms with Crippen LogP contribution in [0.25, 0.3) is 0 Å². The molecule has 0 aliphatic heterocycles. The van der Waals surface area contributed by atoms with Crippen LogP contribution in [0.2, 0.25) is 0 Å². The minimum Gasteiger partial charge on any atom is -0.399 e. The Hall–Kier alpha value is -1.22. The highest BCUT2D eigenvalue weighted by Crippen LogP contribution is 2.22. The van der Waals surface area contributed by atoms with Gasteiger partial charge in [-0.1, -0.05) is 25.7 Å². The van der Waals surface area contributed by atoms with Crippen molar-refractivity contribution in [3.8, 4) is 0 Å². The lowest BCUT2D eigenvalue weighted by Crippen LogP contribution is -2.36. The van der Waals surface area contributed by atoms with E-state index in [2.05, 4.69) is 0 Å². The van der Waals surface area contributed by atoms with E-state index in [0.29, 0.717) is 11.7 Å². The second-order valence-corrected chi connectivity index (χ2v) is 5.18. The Morgan fingerprint density at radius 3 is 2.16 bits per heavy atom. The van der Waals surface area contributed by atoms with E-state index in [1.165, 1.54) is 25.7 Å². The zero-order valence-corrected chi connectivity index (χ0v) is 12.3. The van der Waals surface area contributed by atoms with Crippen LogP contribution < -0.4 is 5.73 Å². The van der Waals surface area contributed by atoms with Crippen molar-refractivity contribution in [2.75, 3.05) is 12.8 Å². The van der Waals surface area contributed by atoms with E-state index in [1.807, 2.05) is 24.1 Å². The standard InChI is InChI=1S/C15H22N2O.ClH/c1-17(14-6-4-2-3-5-7-14)15(18)12-8-10-13(16)11-9-12;/h8-11,14H,2-7,16H2,1H3;1H. The summed E-state index contributed by atoms with van der Waals surface area (Å²) < 4.78 is 0. The SMILES string of the molecule is CN(C(=O)c1ccc(N)cc1)C1CCCCCC1.Cl. The molecular formula is C15H23ClN2O. The Balaban J connectivity index is 0.00000180. The van der Waals surface area contributed by atoms with Crippen LogP contribution in [-0.2, 0) is 0 Å². The molecule has 106 valence electrons. The van der Waals surface area contributed by atoms with Gasteiger partial charge in [-0.2, -0.15) is 0 Å². The van der Waals surface area contributed by atoms with Crippen LogP contribution in [0.15, 0.2) is 24.3 Å². The zero-order chi connectivity index (χ0) is 13.0. The van der Waals surface area contributed by atoms with Crippen LogP contribution in [0.4, 0.5) is 5.69 Å². The fourth-order valence-corrected chi connectivity index (χ4v) is 2.64. The average Bonchev–Trinajstić information content (AvgIpc) is 2.67. The number of nitrogen functional groups attached to an aromatic ring is 1. The smallest absolute Gasteiger partial charge is 0.253 e. The molecule has 2 rings (SSSR count). The Morgan fingerprint density at radius 2 is 1.63 bits per heavy atom. The van der Waals surface area contributed by atoms with Gasteiger partial charge in [-0.05, 0) is 37.1 Å². The number of rotatable bonds is 2. The van der Waals surface area contributed by atoms with Gasteiger partial charge < -0.3 is 10.6 Å². The van der Waals surface area contributed by atoms with Crippen LogP contribution in [0.3, 0.4) is 0 Å². The van der Waals surface area contributed by atoms with Crippen molar-refractivity contribution in [2.45, 2.75) is 44.6 Å². The Labute approximate surface area is 121 Å². The number of anilines is 1. The van der Waals surface area contributed by atoms with Gasteiger partial charge in [-0.25, -0.2) is 0 Å². The molecule has 0 atom stereocenters. The van der Waals surface area contributed by atoms with Crippen LogP contribution >= 0.6 is 12.4 Å². The molecule has 0 bridgehead atoms. The van der Waals surface area contributed by atoms with Gasteiger partial charge in [-0.15, -0.1) is 12.4 Å². The number of benzene rings is 1. The highest BCUT2D eigenvalue weighted by Gasteiger charge is 2.21. The van der Waals surface area contributed by atoms with E-state index in [0.717, 1.165) is 18.4 Å². The number of hydrogen-bond donors (Lipinski definition) is 1. The van der Waals surface area contributed by atoms with Gasteiger partial charge in [0.1, 0.15) is 0 Å². The topological polar surface area (TPSA) is 46.3 Å². The predicted octanol–water partition coefficient (Wildman–Crippen LogP) is 3.49. The van der Waals surface area contributed by atoms with E-state index in [4.69, 9.17) is 5.73 Å². The number of hydrogen-bond acceptors (Lipinski definition) is 2. The minimum atomic E-state index is 0. The summed E-state index contributed by atoms with van der Waals surface area (Å²) in [5.74, 6) is 0.113. The third-order valence-corrected chi connectivity index (χ3v) is 3.85.